The molecule has 46 heavy (non-hydrogen) atoms. The summed E-state index contributed by atoms with van der Waals surface area (Å²) in [7, 11) is 0. The molecule has 0 radical (unpaired) electrons. The second-order valence-corrected chi connectivity index (χ2v) is 14.1. The molecule has 0 aliphatic carbocycles. The molecule has 0 spiro atoms. The normalized spacial score (nSPS) is 11.9. The number of hydrogen-bond donors (Lipinski definition) is 0. The summed E-state index contributed by atoms with van der Waals surface area (Å²) in [4.78, 5) is 1.32. The molecule has 0 amide bonds. The average molecular weight is 619 g/mol. The summed E-state index contributed by atoms with van der Waals surface area (Å²) in [5.41, 5.74) is 6.46. The molecule has 0 saturated carbocycles. The van der Waals surface area contributed by atoms with Crippen LogP contribution in [0.3, 0.4) is 0 Å². The van der Waals surface area contributed by atoms with E-state index in [9.17, 15) is 0 Å². The lowest BCUT2D eigenvalue weighted by molar-refractivity contribution is 1.69. The van der Waals surface area contributed by atoms with E-state index in [2.05, 4.69) is 158 Å². The van der Waals surface area contributed by atoms with Crippen LogP contribution in [0.2, 0.25) is 0 Å². The second-order valence-electron chi connectivity index (χ2n) is 12.0. The van der Waals surface area contributed by atoms with Gasteiger partial charge in [0.25, 0.3) is 0 Å². The molecule has 0 aliphatic heterocycles. The lowest BCUT2D eigenvalue weighted by Crippen LogP contribution is -1.91. The van der Waals surface area contributed by atoms with Gasteiger partial charge in [0.05, 0.1) is 9.40 Å². The SMILES string of the molecule is c1ccc(-c2cc3ccc4c(sc5cccc(-c6c7ccccc7c(-c7ccc8ccccc8c7)c7ccccc67)c54)c3s2)cc1. The Balaban J connectivity index is 1.28. The minimum atomic E-state index is 1.26. The molecule has 0 fully saturated rings. The maximum absolute atomic E-state index is 2.36. The van der Waals surface area contributed by atoms with E-state index in [0.717, 1.165) is 0 Å². The topological polar surface area (TPSA) is 0 Å². The summed E-state index contributed by atoms with van der Waals surface area (Å²) in [5, 5.41) is 11.7. The fraction of sp³-hybridized carbons (Fsp3) is 0. The second kappa shape index (κ2) is 10.1. The Morgan fingerprint density at radius 3 is 1.76 bits per heavy atom. The Morgan fingerprint density at radius 2 is 1.00 bits per heavy atom. The number of fused-ring (bicyclic) bond motifs is 8. The zero-order valence-corrected chi connectivity index (χ0v) is 26.5. The summed E-state index contributed by atoms with van der Waals surface area (Å²) in [6.07, 6.45) is 0. The molecule has 2 heterocycles. The summed E-state index contributed by atoms with van der Waals surface area (Å²) in [6.45, 7) is 0. The standard InChI is InChI=1S/C44H26S2/c1-2-12-28(13-3-1)39-26-31-23-24-37-42-36(19-10-20-38(42)45-44(37)43(31)46-39)41-34-17-8-6-15-32(34)40(33-16-7-9-18-35(33)41)30-22-21-27-11-4-5-14-29(27)25-30/h1-26H. The molecule has 2 aromatic heterocycles. The Morgan fingerprint density at radius 1 is 0.348 bits per heavy atom. The van der Waals surface area contributed by atoms with Crippen LogP contribution in [0, 0.1) is 0 Å². The van der Waals surface area contributed by atoms with Crippen LogP contribution in [0.1, 0.15) is 0 Å². The van der Waals surface area contributed by atoms with Crippen LogP contribution in [0.4, 0.5) is 0 Å². The van der Waals surface area contributed by atoms with E-state index in [1.807, 2.05) is 22.7 Å². The van der Waals surface area contributed by atoms with Crippen molar-refractivity contribution in [2.75, 3.05) is 0 Å². The minimum Gasteiger partial charge on any atom is -0.134 e. The monoisotopic (exact) mass is 618 g/mol. The molecule has 0 N–H and O–H groups in total. The predicted octanol–water partition coefficient (Wildman–Crippen LogP) is 13.7. The van der Waals surface area contributed by atoms with Crippen molar-refractivity contribution in [2.45, 2.75) is 0 Å². The van der Waals surface area contributed by atoms with E-state index in [1.165, 1.54) is 95.3 Å². The molecule has 0 atom stereocenters. The molecule has 8 aromatic carbocycles. The summed E-state index contributed by atoms with van der Waals surface area (Å²) >= 11 is 3.84. The Kier molecular flexibility index (Phi) is 5.72. The lowest BCUT2D eigenvalue weighted by atomic mass is 9.84. The van der Waals surface area contributed by atoms with Gasteiger partial charge < -0.3 is 0 Å². The number of benzene rings is 8. The van der Waals surface area contributed by atoms with Gasteiger partial charge in [-0.05, 0) is 83.7 Å². The first-order valence-electron chi connectivity index (χ1n) is 15.7. The van der Waals surface area contributed by atoms with Gasteiger partial charge >= 0.3 is 0 Å². The van der Waals surface area contributed by atoms with E-state index in [4.69, 9.17) is 0 Å². The maximum Gasteiger partial charge on any atom is 0.0534 e. The van der Waals surface area contributed by atoms with Crippen LogP contribution in [0.15, 0.2) is 158 Å². The Hall–Kier alpha value is -5.28. The molecule has 214 valence electrons. The zero-order chi connectivity index (χ0) is 30.2. The van der Waals surface area contributed by atoms with Crippen molar-refractivity contribution in [3.05, 3.63) is 158 Å². The summed E-state index contributed by atoms with van der Waals surface area (Å²) < 4.78 is 4.10. The van der Waals surface area contributed by atoms with E-state index in [1.54, 1.807) is 0 Å². The van der Waals surface area contributed by atoms with E-state index >= 15 is 0 Å². The maximum atomic E-state index is 2.36. The van der Waals surface area contributed by atoms with E-state index in [0.29, 0.717) is 0 Å². The number of rotatable bonds is 3. The predicted molar refractivity (Wildman–Crippen MR) is 204 cm³/mol. The molecule has 0 saturated heterocycles. The highest BCUT2D eigenvalue weighted by molar-refractivity contribution is 7.32. The van der Waals surface area contributed by atoms with Gasteiger partial charge in [-0.1, -0.05) is 140 Å². The van der Waals surface area contributed by atoms with Crippen molar-refractivity contribution in [1.82, 2.24) is 0 Å². The minimum absolute atomic E-state index is 1.26. The van der Waals surface area contributed by atoms with Crippen molar-refractivity contribution >= 4 is 85.2 Å². The smallest absolute Gasteiger partial charge is 0.0534 e. The highest BCUT2D eigenvalue weighted by atomic mass is 32.1. The molecule has 2 heteroatoms. The van der Waals surface area contributed by atoms with Gasteiger partial charge in [0.1, 0.15) is 0 Å². The van der Waals surface area contributed by atoms with Crippen molar-refractivity contribution < 1.29 is 0 Å². The van der Waals surface area contributed by atoms with Gasteiger partial charge in [-0.15, -0.1) is 22.7 Å². The van der Waals surface area contributed by atoms with Gasteiger partial charge in [-0.2, -0.15) is 0 Å². The van der Waals surface area contributed by atoms with Gasteiger partial charge in [-0.25, -0.2) is 0 Å². The number of thiophene rings is 2. The third-order valence-electron chi connectivity index (χ3n) is 9.45. The van der Waals surface area contributed by atoms with Crippen LogP contribution in [0.25, 0.3) is 95.3 Å². The first-order valence-corrected chi connectivity index (χ1v) is 17.3. The van der Waals surface area contributed by atoms with Crippen LogP contribution in [-0.2, 0) is 0 Å². The van der Waals surface area contributed by atoms with Gasteiger partial charge in [0.2, 0.25) is 0 Å². The van der Waals surface area contributed by atoms with Gasteiger partial charge in [-0.3, -0.25) is 0 Å². The van der Waals surface area contributed by atoms with Crippen LogP contribution in [0.5, 0.6) is 0 Å². The molecule has 0 aliphatic rings. The van der Waals surface area contributed by atoms with Crippen molar-refractivity contribution in [3.8, 4) is 32.7 Å². The highest BCUT2D eigenvalue weighted by Crippen LogP contribution is 2.50. The molecule has 10 rings (SSSR count). The first-order chi connectivity index (χ1) is 22.8. The lowest BCUT2D eigenvalue weighted by Gasteiger charge is -2.18. The molecule has 0 bridgehead atoms. The third kappa shape index (κ3) is 3.84. The molecular weight excluding hydrogens is 593 g/mol. The highest BCUT2D eigenvalue weighted by Gasteiger charge is 2.20. The Labute approximate surface area is 274 Å². The molecule has 0 unspecified atom stereocenters. The van der Waals surface area contributed by atoms with Gasteiger partial charge in [0.15, 0.2) is 0 Å². The van der Waals surface area contributed by atoms with Crippen molar-refractivity contribution in [2.24, 2.45) is 0 Å². The van der Waals surface area contributed by atoms with Crippen LogP contribution < -0.4 is 0 Å². The zero-order valence-electron chi connectivity index (χ0n) is 24.8. The number of hydrogen-bond acceptors (Lipinski definition) is 2. The molecule has 0 nitrogen and oxygen atoms in total. The van der Waals surface area contributed by atoms with E-state index in [-0.39, 0.29) is 0 Å². The summed E-state index contributed by atoms with van der Waals surface area (Å²) in [6, 6.07) is 58.2. The van der Waals surface area contributed by atoms with E-state index < -0.39 is 0 Å². The van der Waals surface area contributed by atoms with Gasteiger partial charge in [0, 0.05) is 20.3 Å². The first kappa shape index (κ1) is 26.0. The van der Waals surface area contributed by atoms with Crippen LogP contribution in [-0.4, -0.2) is 0 Å². The quantitative estimate of drug-likeness (QED) is 0.173. The third-order valence-corrected chi connectivity index (χ3v) is 12.0. The Bertz CT molecular complexity index is 2740. The van der Waals surface area contributed by atoms with Crippen molar-refractivity contribution in [3.63, 3.8) is 0 Å². The molecular formula is C44H26S2. The largest absolute Gasteiger partial charge is 0.134 e. The average Bonchev–Trinajstić information content (AvgIpc) is 3.73. The fourth-order valence-electron chi connectivity index (χ4n) is 7.41. The van der Waals surface area contributed by atoms with Crippen LogP contribution >= 0.6 is 22.7 Å². The van der Waals surface area contributed by atoms with Crippen molar-refractivity contribution in [1.29, 1.82) is 0 Å². The molecule has 10 aromatic rings. The summed E-state index contributed by atoms with van der Waals surface area (Å²) in [5.74, 6) is 0. The fourth-order valence-corrected chi connectivity index (χ4v) is 9.94.